The van der Waals surface area contributed by atoms with Gasteiger partial charge in [0.1, 0.15) is 5.02 Å². The summed E-state index contributed by atoms with van der Waals surface area (Å²) in [6.45, 7) is 1.89. The predicted molar refractivity (Wildman–Crippen MR) is 84.1 cm³/mol. The Morgan fingerprint density at radius 3 is 2.62 bits per heavy atom. The molecule has 2 N–H and O–H groups in total. The van der Waals surface area contributed by atoms with Crippen molar-refractivity contribution in [1.29, 1.82) is 0 Å². The van der Waals surface area contributed by atoms with Crippen LogP contribution in [-0.2, 0) is 6.54 Å². The number of hydrogen-bond donors (Lipinski definition) is 2. The molecule has 7 heteroatoms. The van der Waals surface area contributed by atoms with E-state index in [0.29, 0.717) is 10.7 Å². The molecular formula is C14H15Cl2N3O2. The van der Waals surface area contributed by atoms with Crippen molar-refractivity contribution in [2.24, 2.45) is 0 Å². The highest BCUT2D eigenvalue weighted by molar-refractivity contribution is 6.33. The van der Waals surface area contributed by atoms with E-state index in [0.717, 1.165) is 10.2 Å². The average Bonchev–Trinajstić information content (AvgIpc) is 2.47. The van der Waals surface area contributed by atoms with E-state index in [9.17, 15) is 4.79 Å². The zero-order valence-electron chi connectivity index (χ0n) is 11.4. The number of halogens is 2. The maximum Gasteiger partial charge on any atom is 0.287 e. The first-order valence-corrected chi connectivity index (χ1v) is 7.17. The van der Waals surface area contributed by atoms with Crippen molar-refractivity contribution < 1.29 is 5.11 Å². The third-order valence-corrected chi connectivity index (χ3v) is 3.66. The highest BCUT2D eigenvalue weighted by atomic mass is 35.5. The van der Waals surface area contributed by atoms with Crippen LogP contribution in [0.1, 0.15) is 18.5 Å². The van der Waals surface area contributed by atoms with Gasteiger partial charge in [-0.05, 0) is 24.6 Å². The normalized spacial score (nSPS) is 12.2. The van der Waals surface area contributed by atoms with Gasteiger partial charge in [-0.3, -0.25) is 4.79 Å². The van der Waals surface area contributed by atoms with E-state index in [1.807, 2.05) is 19.1 Å². The standard InChI is InChI=1S/C14H15Cl2N3O2/c1-9(10-2-4-11(15)5-3-10)18-12-8-17-19(6-7-20)14(21)13(12)16/h2-5,8-9,18,20H,6-7H2,1H3. The van der Waals surface area contributed by atoms with Crippen molar-refractivity contribution in [3.05, 3.63) is 56.4 Å². The molecule has 1 aromatic heterocycles. The third kappa shape index (κ3) is 3.75. The molecule has 0 bridgehead atoms. The molecule has 0 fully saturated rings. The van der Waals surface area contributed by atoms with Crippen LogP contribution in [0.3, 0.4) is 0 Å². The van der Waals surface area contributed by atoms with E-state index in [1.165, 1.54) is 6.20 Å². The van der Waals surface area contributed by atoms with E-state index >= 15 is 0 Å². The predicted octanol–water partition coefficient (Wildman–Crippen LogP) is 2.72. The number of aromatic nitrogens is 2. The van der Waals surface area contributed by atoms with Crippen molar-refractivity contribution in [1.82, 2.24) is 9.78 Å². The first-order valence-electron chi connectivity index (χ1n) is 6.41. The lowest BCUT2D eigenvalue weighted by atomic mass is 10.1. The Bertz CT molecular complexity index is 671. The lowest BCUT2D eigenvalue weighted by molar-refractivity contribution is 0.266. The number of anilines is 1. The molecule has 1 atom stereocenters. The van der Waals surface area contributed by atoms with Gasteiger partial charge in [-0.2, -0.15) is 5.10 Å². The summed E-state index contributed by atoms with van der Waals surface area (Å²) in [5.41, 5.74) is 1.03. The summed E-state index contributed by atoms with van der Waals surface area (Å²) in [4.78, 5) is 11.9. The zero-order valence-corrected chi connectivity index (χ0v) is 12.9. The molecule has 0 aliphatic rings. The summed E-state index contributed by atoms with van der Waals surface area (Å²) >= 11 is 11.9. The molecule has 0 aliphatic heterocycles. The van der Waals surface area contributed by atoms with Crippen molar-refractivity contribution in [2.45, 2.75) is 19.5 Å². The summed E-state index contributed by atoms with van der Waals surface area (Å²) < 4.78 is 1.13. The molecule has 0 radical (unpaired) electrons. The Balaban J connectivity index is 2.21. The summed E-state index contributed by atoms with van der Waals surface area (Å²) in [7, 11) is 0. The third-order valence-electron chi connectivity index (χ3n) is 3.04. The van der Waals surface area contributed by atoms with Crippen LogP contribution in [0.15, 0.2) is 35.3 Å². The smallest absolute Gasteiger partial charge is 0.287 e. The Hall–Kier alpha value is -1.56. The first kappa shape index (κ1) is 15.8. The molecule has 0 aliphatic carbocycles. The fourth-order valence-electron chi connectivity index (χ4n) is 1.89. The number of rotatable bonds is 5. The van der Waals surface area contributed by atoms with Gasteiger partial charge < -0.3 is 10.4 Å². The minimum absolute atomic E-state index is 0.0549. The van der Waals surface area contributed by atoms with Crippen molar-refractivity contribution in [3.63, 3.8) is 0 Å². The molecule has 1 aromatic carbocycles. The minimum Gasteiger partial charge on any atom is -0.394 e. The van der Waals surface area contributed by atoms with Crippen LogP contribution in [0.5, 0.6) is 0 Å². The van der Waals surface area contributed by atoms with Gasteiger partial charge in [0, 0.05) is 11.1 Å². The molecule has 21 heavy (non-hydrogen) atoms. The van der Waals surface area contributed by atoms with Crippen molar-refractivity contribution in [3.8, 4) is 0 Å². The minimum atomic E-state index is -0.431. The van der Waals surface area contributed by atoms with Crippen LogP contribution in [0.2, 0.25) is 10.0 Å². The van der Waals surface area contributed by atoms with Crippen LogP contribution in [0, 0.1) is 0 Å². The monoisotopic (exact) mass is 327 g/mol. The van der Waals surface area contributed by atoms with Gasteiger partial charge in [-0.25, -0.2) is 4.68 Å². The Kier molecular flexibility index (Phi) is 5.22. The quantitative estimate of drug-likeness (QED) is 0.886. The highest BCUT2D eigenvalue weighted by Gasteiger charge is 2.12. The SMILES string of the molecule is CC(Nc1cnn(CCO)c(=O)c1Cl)c1ccc(Cl)cc1. The van der Waals surface area contributed by atoms with E-state index in [2.05, 4.69) is 10.4 Å². The molecular weight excluding hydrogens is 313 g/mol. The number of hydrogen-bond acceptors (Lipinski definition) is 4. The number of nitrogens with zero attached hydrogens (tertiary/aromatic N) is 2. The summed E-state index contributed by atoms with van der Waals surface area (Å²) in [5.74, 6) is 0. The summed E-state index contributed by atoms with van der Waals surface area (Å²) in [6, 6.07) is 7.33. The molecule has 112 valence electrons. The maximum absolute atomic E-state index is 11.9. The van der Waals surface area contributed by atoms with Crippen molar-refractivity contribution >= 4 is 28.9 Å². The Labute approximate surface area is 132 Å². The molecule has 2 rings (SSSR count). The van der Waals surface area contributed by atoms with Gasteiger partial charge in [0.25, 0.3) is 5.56 Å². The fraction of sp³-hybridized carbons (Fsp3) is 0.286. The van der Waals surface area contributed by atoms with E-state index in [-0.39, 0.29) is 24.2 Å². The van der Waals surface area contributed by atoms with Gasteiger partial charge in [0.05, 0.1) is 25.0 Å². The number of benzene rings is 1. The van der Waals surface area contributed by atoms with E-state index in [4.69, 9.17) is 28.3 Å². The largest absolute Gasteiger partial charge is 0.394 e. The second-order valence-electron chi connectivity index (χ2n) is 4.54. The first-order chi connectivity index (χ1) is 10.0. The number of nitrogens with one attached hydrogen (secondary N) is 1. The van der Waals surface area contributed by atoms with Crippen molar-refractivity contribution in [2.75, 3.05) is 11.9 Å². The zero-order chi connectivity index (χ0) is 15.4. The average molecular weight is 328 g/mol. The lowest BCUT2D eigenvalue weighted by Crippen LogP contribution is -2.26. The van der Waals surface area contributed by atoms with Gasteiger partial charge in [0.2, 0.25) is 0 Å². The molecule has 1 heterocycles. The molecule has 0 saturated carbocycles. The van der Waals surface area contributed by atoms with Gasteiger partial charge in [-0.1, -0.05) is 35.3 Å². The fourth-order valence-corrected chi connectivity index (χ4v) is 2.21. The molecule has 0 spiro atoms. The Morgan fingerprint density at radius 2 is 2.00 bits per heavy atom. The van der Waals surface area contributed by atoms with E-state index in [1.54, 1.807) is 12.1 Å². The van der Waals surface area contributed by atoms with Crippen LogP contribution < -0.4 is 10.9 Å². The summed E-state index contributed by atoms with van der Waals surface area (Å²) in [5, 5.41) is 16.7. The molecule has 5 nitrogen and oxygen atoms in total. The van der Waals surface area contributed by atoms with Crippen LogP contribution in [0.4, 0.5) is 5.69 Å². The highest BCUT2D eigenvalue weighted by Crippen LogP contribution is 2.23. The molecule has 1 unspecified atom stereocenters. The topological polar surface area (TPSA) is 67.2 Å². The number of aliphatic hydroxyl groups is 1. The number of aliphatic hydroxyl groups excluding tert-OH is 1. The van der Waals surface area contributed by atoms with E-state index < -0.39 is 5.56 Å². The maximum atomic E-state index is 11.9. The van der Waals surface area contributed by atoms with Crippen LogP contribution in [0.25, 0.3) is 0 Å². The second-order valence-corrected chi connectivity index (χ2v) is 5.36. The van der Waals surface area contributed by atoms with Crippen LogP contribution >= 0.6 is 23.2 Å². The second kappa shape index (κ2) is 6.93. The van der Waals surface area contributed by atoms with Gasteiger partial charge in [0.15, 0.2) is 0 Å². The van der Waals surface area contributed by atoms with Gasteiger partial charge in [-0.15, -0.1) is 0 Å². The molecule has 0 amide bonds. The molecule has 2 aromatic rings. The van der Waals surface area contributed by atoms with Crippen LogP contribution in [-0.4, -0.2) is 21.5 Å². The summed E-state index contributed by atoms with van der Waals surface area (Å²) in [6.07, 6.45) is 1.48. The van der Waals surface area contributed by atoms with Gasteiger partial charge >= 0.3 is 0 Å². The Morgan fingerprint density at radius 1 is 1.33 bits per heavy atom. The lowest BCUT2D eigenvalue weighted by Gasteiger charge is -2.17. The molecule has 0 saturated heterocycles.